The largest absolute Gasteiger partial charge is 0.357 e. The van der Waals surface area contributed by atoms with Crippen molar-refractivity contribution in [3.05, 3.63) is 29.3 Å². The molecule has 0 aliphatic heterocycles. The Morgan fingerprint density at radius 3 is 2.50 bits per heavy atom. The van der Waals surface area contributed by atoms with E-state index in [4.69, 9.17) is 0 Å². The fraction of sp³-hybridized carbons (Fsp3) is 0.682. The minimum Gasteiger partial charge on any atom is -0.357 e. The van der Waals surface area contributed by atoms with Crippen molar-refractivity contribution in [2.75, 3.05) is 32.9 Å². The summed E-state index contributed by atoms with van der Waals surface area (Å²) in [6.07, 6.45) is 9.14. The van der Waals surface area contributed by atoms with Gasteiger partial charge in [0.05, 0.1) is 11.4 Å². The van der Waals surface area contributed by atoms with Crippen LogP contribution >= 0.6 is 24.0 Å². The van der Waals surface area contributed by atoms with Gasteiger partial charge in [-0.25, -0.2) is 13.4 Å². The van der Waals surface area contributed by atoms with Crippen LogP contribution in [0.5, 0.6) is 0 Å². The molecule has 8 heteroatoms. The average Bonchev–Trinajstić information content (AvgIpc) is 2.68. The molecule has 0 aromatic heterocycles. The van der Waals surface area contributed by atoms with E-state index < -0.39 is 9.84 Å². The highest BCUT2D eigenvalue weighted by Crippen LogP contribution is 2.21. The van der Waals surface area contributed by atoms with Crippen LogP contribution in [0.15, 0.2) is 28.1 Å². The predicted molar refractivity (Wildman–Crippen MR) is 137 cm³/mol. The third-order valence-corrected chi connectivity index (χ3v) is 6.84. The molecular formula is C22H39IN4O2S. The third kappa shape index (κ3) is 9.09. The molecule has 172 valence electrons. The lowest BCUT2D eigenvalue weighted by Crippen LogP contribution is -2.39. The van der Waals surface area contributed by atoms with Crippen LogP contribution in [0.25, 0.3) is 0 Å². The summed E-state index contributed by atoms with van der Waals surface area (Å²) in [4.78, 5) is 7.55. The Bertz CT molecular complexity index is 777. The van der Waals surface area contributed by atoms with E-state index in [2.05, 4.69) is 34.5 Å². The number of benzene rings is 1. The molecule has 0 bridgehead atoms. The second-order valence-electron chi connectivity index (χ2n) is 8.12. The first kappa shape index (κ1) is 27.2. The van der Waals surface area contributed by atoms with E-state index in [0.29, 0.717) is 11.4 Å². The summed E-state index contributed by atoms with van der Waals surface area (Å²) in [6, 6.07) is 6.18. The Morgan fingerprint density at radius 1 is 1.20 bits per heavy atom. The highest BCUT2D eigenvalue weighted by Gasteiger charge is 2.17. The molecule has 1 aliphatic rings. The Hall–Kier alpha value is -0.870. The number of halogens is 1. The van der Waals surface area contributed by atoms with Gasteiger partial charge < -0.3 is 15.5 Å². The minimum absolute atomic E-state index is 0. The SMILES string of the molecule is CCNC(=NCc1ccc(S(C)(=O)=O)c(C)c1)NCCCN(C)C1CCCCC1.I. The molecule has 0 saturated heterocycles. The minimum atomic E-state index is -3.19. The van der Waals surface area contributed by atoms with Gasteiger partial charge in [-0.2, -0.15) is 0 Å². The zero-order valence-corrected chi connectivity index (χ0v) is 22.1. The van der Waals surface area contributed by atoms with Crippen molar-refractivity contribution in [1.29, 1.82) is 0 Å². The van der Waals surface area contributed by atoms with E-state index in [1.54, 1.807) is 6.07 Å². The molecule has 1 fully saturated rings. The van der Waals surface area contributed by atoms with Crippen molar-refractivity contribution in [1.82, 2.24) is 15.5 Å². The number of hydrogen-bond acceptors (Lipinski definition) is 4. The number of aliphatic imine (C=N–C) groups is 1. The molecule has 0 spiro atoms. The van der Waals surface area contributed by atoms with E-state index in [9.17, 15) is 8.42 Å². The van der Waals surface area contributed by atoms with Gasteiger partial charge in [-0.15, -0.1) is 24.0 Å². The van der Waals surface area contributed by atoms with E-state index in [-0.39, 0.29) is 24.0 Å². The first-order chi connectivity index (χ1) is 13.8. The van der Waals surface area contributed by atoms with Crippen LogP contribution in [0.4, 0.5) is 0 Å². The molecule has 0 unspecified atom stereocenters. The topological polar surface area (TPSA) is 73.8 Å². The van der Waals surface area contributed by atoms with Crippen molar-refractivity contribution in [3.8, 4) is 0 Å². The zero-order chi connectivity index (χ0) is 21.3. The van der Waals surface area contributed by atoms with Gasteiger partial charge in [0.15, 0.2) is 15.8 Å². The third-order valence-electron chi connectivity index (χ3n) is 5.58. The fourth-order valence-electron chi connectivity index (χ4n) is 3.98. The quantitative estimate of drug-likeness (QED) is 0.212. The smallest absolute Gasteiger partial charge is 0.191 e. The van der Waals surface area contributed by atoms with E-state index in [1.807, 2.05) is 19.1 Å². The van der Waals surface area contributed by atoms with Gasteiger partial charge in [-0.3, -0.25) is 0 Å². The standard InChI is InChI=1S/C22H38N4O2S.HI/c1-5-23-22(24-14-9-15-26(3)20-10-7-6-8-11-20)25-17-19-12-13-21(18(2)16-19)29(4,27)28;/h12-13,16,20H,5-11,14-15,17H2,1-4H3,(H2,23,24,25);1H. The Kier molecular flexibility index (Phi) is 12.2. The fourth-order valence-corrected chi connectivity index (χ4v) is 4.94. The molecule has 1 aliphatic carbocycles. The lowest BCUT2D eigenvalue weighted by atomic mass is 9.94. The van der Waals surface area contributed by atoms with Crippen LogP contribution in [0.3, 0.4) is 0 Å². The highest BCUT2D eigenvalue weighted by atomic mass is 127. The van der Waals surface area contributed by atoms with Crippen molar-refractivity contribution >= 4 is 39.8 Å². The van der Waals surface area contributed by atoms with Crippen LogP contribution in [-0.4, -0.2) is 58.3 Å². The summed E-state index contributed by atoms with van der Waals surface area (Å²) in [7, 11) is -0.937. The normalized spacial score (nSPS) is 15.7. The van der Waals surface area contributed by atoms with E-state index in [1.165, 1.54) is 38.4 Å². The van der Waals surface area contributed by atoms with Crippen LogP contribution in [-0.2, 0) is 16.4 Å². The lowest BCUT2D eigenvalue weighted by molar-refractivity contribution is 0.190. The molecule has 1 saturated carbocycles. The summed E-state index contributed by atoms with van der Waals surface area (Å²) in [6.45, 7) is 7.19. The molecule has 0 amide bonds. The molecule has 0 heterocycles. The van der Waals surface area contributed by atoms with Gasteiger partial charge in [0.2, 0.25) is 0 Å². The van der Waals surface area contributed by atoms with Crippen molar-refractivity contribution < 1.29 is 8.42 Å². The summed E-state index contributed by atoms with van der Waals surface area (Å²) >= 11 is 0. The van der Waals surface area contributed by atoms with Gasteiger partial charge in [-0.05, 0) is 63.9 Å². The first-order valence-corrected chi connectivity index (χ1v) is 12.7. The zero-order valence-electron chi connectivity index (χ0n) is 18.9. The molecule has 1 aromatic rings. The van der Waals surface area contributed by atoms with Crippen LogP contribution < -0.4 is 10.6 Å². The highest BCUT2D eigenvalue weighted by molar-refractivity contribution is 14.0. The number of nitrogens with zero attached hydrogens (tertiary/aromatic N) is 2. The number of rotatable bonds is 9. The summed E-state index contributed by atoms with van der Waals surface area (Å²) in [5, 5.41) is 6.70. The number of hydrogen-bond donors (Lipinski definition) is 2. The molecule has 1 aromatic carbocycles. The molecule has 0 atom stereocenters. The lowest BCUT2D eigenvalue weighted by Gasteiger charge is -2.31. The summed E-state index contributed by atoms with van der Waals surface area (Å²) < 4.78 is 23.5. The maximum atomic E-state index is 11.8. The molecular weight excluding hydrogens is 511 g/mol. The van der Waals surface area contributed by atoms with E-state index >= 15 is 0 Å². The molecule has 30 heavy (non-hydrogen) atoms. The first-order valence-electron chi connectivity index (χ1n) is 10.8. The maximum absolute atomic E-state index is 11.8. The van der Waals surface area contributed by atoms with Gasteiger partial charge >= 0.3 is 0 Å². The molecule has 0 radical (unpaired) electrons. The maximum Gasteiger partial charge on any atom is 0.191 e. The summed E-state index contributed by atoms with van der Waals surface area (Å²) in [5.74, 6) is 0.803. The number of nitrogens with one attached hydrogen (secondary N) is 2. The molecule has 2 rings (SSSR count). The Labute approximate surface area is 200 Å². The van der Waals surface area contributed by atoms with Crippen LogP contribution in [0.1, 0.15) is 56.6 Å². The van der Waals surface area contributed by atoms with Crippen LogP contribution in [0.2, 0.25) is 0 Å². The number of sulfone groups is 1. The van der Waals surface area contributed by atoms with Gasteiger partial charge in [0.25, 0.3) is 0 Å². The van der Waals surface area contributed by atoms with Crippen molar-refractivity contribution in [3.63, 3.8) is 0 Å². The second kappa shape index (κ2) is 13.5. The molecule has 2 N–H and O–H groups in total. The Balaban J connectivity index is 0.00000450. The average molecular weight is 551 g/mol. The van der Waals surface area contributed by atoms with E-state index in [0.717, 1.165) is 49.2 Å². The van der Waals surface area contributed by atoms with Crippen molar-refractivity contribution in [2.24, 2.45) is 4.99 Å². The monoisotopic (exact) mass is 550 g/mol. The van der Waals surface area contributed by atoms with Crippen molar-refractivity contribution in [2.45, 2.75) is 69.9 Å². The Morgan fingerprint density at radius 2 is 1.90 bits per heavy atom. The number of guanidine groups is 1. The van der Waals surface area contributed by atoms with Gasteiger partial charge in [0, 0.05) is 25.4 Å². The predicted octanol–water partition coefficient (Wildman–Crippen LogP) is 3.73. The molecule has 6 nitrogen and oxygen atoms in total. The summed E-state index contributed by atoms with van der Waals surface area (Å²) in [5.41, 5.74) is 1.77. The van der Waals surface area contributed by atoms with Gasteiger partial charge in [-0.1, -0.05) is 31.4 Å². The second-order valence-corrected chi connectivity index (χ2v) is 10.1. The van der Waals surface area contributed by atoms with Gasteiger partial charge in [0.1, 0.15) is 0 Å². The van der Waals surface area contributed by atoms with Crippen LogP contribution in [0, 0.1) is 6.92 Å². The number of aryl methyl sites for hydroxylation is 1.